The highest BCUT2D eigenvalue weighted by atomic mass is 35.5. The third kappa shape index (κ3) is 3.76. The molecular weight excluding hydrogens is 288 g/mol. The van der Waals surface area contributed by atoms with Crippen LogP contribution in [0.3, 0.4) is 0 Å². The first-order chi connectivity index (χ1) is 10.0. The van der Waals surface area contributed by atoms with Gasteiger partial charge in [0.1, 0.15) is 11.5 Å². The molecule has 0 aromatic heterocycles. The Hall–Kier alpha value is -2.00. The SMILES string of the molecule is COc1ccc(C(=O)COc2c(C)cc(Cl)cc2C)cc1. The Morgan fingerprint density at radius 1 is 1.10 bits per heavy atom. The maximum atomic E-state index is 12.1. The van der Waals surface area contributed by atoms with Crippen LogP contribution >= 0.6 is 11.6 Å². The monoisotopic (exact) mass is 304 g/mol. The molecule has 3 nitrogen and oxygen atoms in total. The molecule has 4 heteroatoms. The Balaban J connectivity index is 2.07. The standard InChI is InChI=1S/C17H17ClO3/c1-11-8-14(18)9-12(2)17(11)21-10-16(19)13-4-6-15(20-3)7-5-13/h4-9H,10H2,1-3H3. The number of ketones is 1. The van der Waals surface area contributed by atoms with Gasteiger partial charge in [0.15, 0.2) is 12.4 Å². The normalized spacial score (nSPS) is 10.3. The van der Waals surface area contributed by atoms with Crippen LogP contribution in [-0.2, 0) is 0 Å². The highest BCUT2D eigenvalue weighted by molar-refractivity contribution is 6.30. The van der Waals surface area contributed by atoms with Gasteiger partial charge in [-0.2, -0.15) is 0 Å². The first kappa shape index (κ1) is 15.4. The van der Waals surface area contributed by atoms with Gasteiger partial charge < -0.3 is 9.47 Å². The molecule has 0 fully saturated rings. The predicted molar refractivity (Wildman–Crippen MR) is 83.7 cm³/mol. The number of Topliss-reactive ketones (excluding diaryl/α,β-unsaturated/α-hetero) is 1. The zero-order valence-corrected chi connectivity index (χ0v) is 13.0. The Morgan fingerprint density at radius 3 is 2.19 bits per heavy atom. The van der Waals surface area contributed by atoms with Crippen LogP contribution in [0, 0.1) is 13.8 Å². The zero-order valence-electron chi connectivity index (χ0n) is 12.3. The van der Waals surface area contributed by atoms with Gasteiger partial charge in [-0.1, -0.05) is 11.6 Å². The minimum absolute atomic E-state index is 0.00432. The fourth-order valence-electron chi connectivity index (χ4n) is 2.12. The van der Waals surface area contributed by atoms with Crippen LogP contribution in [0.15, 0.2) is 36.4 Å². The van der Waals surface area contributed by atoms with E-state index in [0.717, 1.165) is 16.9 Å². The molecule has 0 atom stereocenters. The number of carbonyl (C=O) groups is 1. The lowest BCUT2D eigenvalue weighted by atomic mass is 10.1. The van der Waals surface area contributed by atoms with E-state index in [1.807, 2.05) is 26.0 Å². The fourth-order valence-corrected chi connectivity index (χ4v) is 2.45. The van der Waals surface area contributed by atoms with E-state index in [2.05, 4.69) is 0 Å². The molecular formula is C17H17ClO3. The van der Waals surface area contributed by atoms with Crippen molar-refractivity contribution in [3.8, 4) is 11.5 Å². The minimum atomic E-state index is -0.0774. The molecule has 0 aliphatic rings. The summed E-state index contributed by atoms with van der Waals surface area (Å²) in [6, 6.07) is 10.6. The number of rotatable bonds is 5. The van der Waals surface area contributed by atoms with Crippen LogP contribution in [0.25, 0.3) is 0 Å². The number of aryl methyl sites for hydroxylation is 2. The number of hydrogen-bond donors (Lipinski definition) is 0. The molecule has 0 aliphatic heterocycles. The van der Waals surface area contributed by atoms with Gasteiger partial charge in [0.2, 0.25) is 0 Å². The second-order valence-electron chi connectivity index (χ2n) is 4.81. The van der Waals surface area contributed by atoms with Gasteiger partial charge in [-0.05, 0) is 61.4 Å². The van der Waals surface area contributed by atoms with Gasteiger partial charge in [0, 0.05) is 10.6 Å². The predicted octanol–water partition coefficient (Wildman–Crippen LogP) is 4.23. The fraction of sp³-hybridized carbons (Fsp3) is 0.235. The molecule has 0 N–H and O–H groups in total. The van der Waals surface area contributed by atoms with Crippen molar-refractivity contribution >= 4 is 17.4 Å². The lowest BCUT2D eigenvalue weighted by Crippen LogP contribution is -2.12. The molecule has 0 radical (unpaired) electrons. The topological polar surface area (TPSA) is 35.5 Å². The van der Waals surface area contributed by atoms with Crippen molar-refractivity contribution in [1.82, 2.24) is 0 Å². The molecule has 0 unspecified atom stereocenters. The van der Waals surface area contributed by atoms with E-state index < -0.39 is 0 Å². The summed E-state index contributed by atoms with van der Waals surface area (Å²) in [6.07, 6.45) is 0. The summed E-state index contributed by atoms with van der Waals surface area (Å²) >= 11 is 5.98. The van der Waals surface area contributed by atoms with Crippen LogP contribution in [0.2, 0.25) is 5.02 Å². The molecule has 0 bridgehead atoms. The molecule has 0 spiro atoms. The number of benzene rings is 2. The van der Waals surface area contributed by atoms with Crippen LogP contribution in [0.4, 0.5) is 0 Å². The van der Waals surface area contributed by atoms with Gasteiger partial charge in [-0.25, -0.2) is 0 Å². The molecule has 0 heterocycles. The van der Waals surface area contributed by atoms with Crippen LogP contribution in [-0.4, -0.2) is 19.5 Å². The van der Waals surface area contributed by atoms with Crippen molar-refractivity contribution in [2.75, 3.05) is 13.7 Å². The summed E-state index contributed by atoms with van der Waals surface area (Å²) in [5.41, 5.74) is 2.44. The van der Waals surface area contributed by atoms with E-state index in [4.69, 9.17) is 21.1 Å². The van der Waals surface area contributed by atoms with Crippen molar-refractivity contribution in [2.45, 2.75) is 13.8 Å². The van der Waals surface area contributed by atoms with Crippen LogP contribution < -0.4 is 9.47 Å². The second kappa shape index (κ2) is 6.64. The smallest absolute Gasteiger partial charge is 0.200 e. The van der Waals surface area contributed by atoms with Crippen molar-refractivity contribution in [3.05, 3.63) is 58.1 Å². The van der Waals surface area contributed by atoms with Gasteiger partial charge in [-0.3, -0.25) is 4.79 Å². The first-order valence-electron chi connectivity index (χ1n) is 6.58. The molecule has 2 aromatic rings. The highest BCUT2D eigenvalue weighted by Crippen LogP contribution is 2.27. The molecule has 0 amide bonds. The third-order valence-corrected chi connectivity index (χ3v) is 3.40. The minimum Gasteiger partial charge on any atom is -0.497 e. The molecule has 2 aromatic carbocycles. The molecule has 2 rings (SSSR count). The van der Waals surface area contributed by atoms with Crippen molar-refractivity contribution in [2.24, 2.45) is 0 Å². The number of methoxy groups -OCH3 is 1. The average Bonchev–Trinajstić information content (AvgIpc) is 2.46. The highest BCUT2D eigenvalue weighted by Gasteiger charge is 2.10. The van der Waals surface area contributed by atoms with Crippen molar-refractivity contribution in [3.63, 3.8) is 0 Å². The third-order valence-electron chi connectivity index (χ3n) is 3.18. The maximum Gasteiger partial charge on any atom is 0.200 e. The first-order valence-corrected chi connectivity index (χ1v) is 6.96. The summed E-state index contributed by atoms with van der Waals surface area (Å²) < 4.78 is 10.7. The summed E-state index contributed by atoms with van der Waals surface area (Å²) in [5.74, 6) is 1.35. The Morgan fingerprint density at radius 2 is 1.67 bits per heavy atom. The lowest BCUT2D eigenvalue weighted by Gasteiger charge is -2.12. The molecule has 0 saturated carbocycles. The molecule has 0 aliphatic carbocycles. The van der Waals surface area contributed by atoms with Gasteiger partial charge >= 0.3 is 0 Å². The second-order valence-corrected chi connectivity index (χ2v) is 5.25. The Bertz CT molecular complexity index is 625. The van der Waals surface area contributed by atoms with E-state index in [9.17, 15) is 4.79 Å². The Labute approximate surface area is 129 Å². The van der Waals surface area contributed by atoms with Gasteiger partial charge in [-0.15, -0.1) is 0 Å². The maximum absolute atomic E-state index is 12.1. The lowest BCUT2D eigenvalue weighted by molar-refractivity contribution is 0.0920. The Kier molecular flexibility index (Phi) is 4.86. The molecule has 110 valence electrons. The number of carbonyl (C=O) groups excluding carboxylic acids is 1. The van der Waals surface area contributed by atoms with E-state index >= 15 is 0 Å². The summed E-state index contributed by atoms with van der Waals surface area (Å²) in [4.78, 5) is 12.1. The van der Waals surface area contributed by atoms with Gasteiger partial charge in [0.05, 0.1) is 7.11 Å². The quantitative estimate of drug-likeness (QED) is 0.776. The van der Waals surface area contributed by atoms with E-state index in [-0.39, 0.29) is 12.4 Å². The van der Waals surface area contributed by atoms with E-state index in [1.54, 1.807) is 31.4 Å². The summed E-state index contributed by atoms with van der Waals surface area (Å²) in [5, 5.41) is 0.666. The van der Waals surface area contributed by atoms with E-state index in [0.29, 0.717) is 16.3 Å². The summed E-state index contributed by atoms with van der Waals surface area (Å²) in [7, 11) is 1.59. The van der Waals surface area contributed by atoms with Crippen molar-refractivity contribution in [1.29, 1.82) is 0 Å². The number of ether oxygens (including phenoxy) is 2. The van der Waals surface area contributed by atoms with Crippen LogP contribution in [0.5, 0.6) is 11.5 Å². The van der Waals surface area contributed by atoms with Gasteiger partial charge in [0.25, 0.3) is 0 Å². The van der Waals surface area contributed by atoms with Crippen LogP contribution in [0.1, 0.15) is 21.5 Å². The molecule has 0 saturated heterocycles. The average molecular weight is 305 g/mol. The van der Waals surface area contributed by atoms with E-state index in [1.165, 1.54) is 0 Å². The number of halogens is 1. The largest absolute Gasteiger partial charge is 0.497 e. The zero-order chi connectivity index (χ0) is 15.4. The molecule has 21 heavy (non-hydrogen) atoms. The van der Waals surface area contributed by atoms with Crippen molar-refractivity contribution < 1.29 is 14.3 Å². The summed E-state index contributed by atoms with van der Waals surface area (Å²) in [6.45, 7) is 3.81. The number of hydrogen-bond acceptors (Lipinski definition) is 3.